The van der Waals surface area contributed by atoms with E-state index in [4.69, 9.17) is 0 Å². The van der Waals surface area contributed by atoms with E-state index in [0.29, 0.717) is 0 Å². The Balaban J connectivity index is 1.93. The van der Waals surface area contributed by atoms with Crippen molar-refractivity contribution < 1.29 is 4.79 Å². The Morgan fingerprint density at radius 2 is 2.11 bits per heavy atom. The standard InChI is InChI=1S/C15H16N2OS/c1-11-10-19-15(16-11)12(2)17-14(18)9-8-13-6-4-3-5-7-13/h3-10,12H,1-2H3,(H,17,18)/b9-8+. The predicted molar refractivity (Wildman–Crippen MR) is 78.9 cm³/mol. The summed E-state index contributed by atoms with van der Waals surface area (Å²) >= 11 is 1.56. The number of hydrogen-bond donors (Lipinski definition) is 1. The monoisotopic (exact) mass is 272 g/mol. The van der Waals surface area contributed by atoms with E-state index in [1.807, 2.05) is 49.6 Å². The van der Waals surface area contributed by atoms with Gasteiger partial charge in [-0.15, -0.1) is 11.3 Å². The molecule has 0 aliphatic heterocycles. The molecule has 2 aromatic rings. The molecule has 0 aliphatic carbocycles. The molecule has 1 aromatic heterocycles. The summed E-state index contributed by atoms with van der Waals surface area (Å²) in [4.78, 5) is 16.1. The van der Waals surface area contributed by atoms with Crippen LogP contribution >= 0.6 is 11.3 Å². The van der Waals surface area contributed by atoms with Gasteiger partial charge in [-0.25, -0.2) is 4.98 Å². The van der Waals surface area contributed by atoms with Gasteiger partial charge in [-0.05, 0) is 25.5 Å². The van der Waals surface area contributed by atoms with Crippen molar-refractivity contribution in [2.24, 2.45) is 0 Å². The molecule has 1 heterocycles. The Morgan fingerprint density at radius 1 is 1.37 bits per heavy atom. The highest BCUT2D eigenvalue weighted by Gasteiger charge is 2.10. The molecule has 0 fully saturated rings. The molecule has 1 aromatic carbocycles. The lowest BCUT2D eigenvalue weighted by atomic mass is 10.2. The van der Waals surface area contributed by atoms with Crippen LogP contribution in [0.15, 0.2) is 41.8 Å². The van der Waals surface area contributed by atoms with Gasteiger partial charge in [-0.3, -0.25) is 4.79 Å². The Hall–Kier alpha value is -1.94. The fourth-order valence-electron chi connectivity index (χ4n) is 1.63. The molecule has 0 bridgehead atoms. The van der Waals surface area contributed by atoms with Crippen LogP contribution in [-0.2, 0) is 4.79 Å². The van der Waals surface area contributed by atoms with E-state index in [9.17, 15) is 4.79 Å². The van der Waals surface area contributed by atoms with Crippen molar-refractivity contribution >= 4 is 23.3 Å². The number of hydrogen-bond acceptors (Lipinski definition) is 3. The molecular weight excluding hydrogens is 256 g/mol. The Morgan fingerprint density at radius 3 is 2.74 bits per heavy atom. The first kappa shape index (κ1) is 13.5. The van der Waals surface area contributed by atoms with E-state index < -0.39 is 0 Å². The minimum Gasteiger partial charge on any atom is -0.344 e. The summed E-state index contributed by atoms with van der Waals surface area (Å²) in [5.41, 5.74) is 2.00. The van der Waals surface area contributed by atoms with Crippen LogP contribution in [0.2, 0.25) is 0 Å². The Kier molecular flexibility index (Phi) is 4.47. The summed E-state index contributed by atoms with van der Waals surface area (Å²) in [5.74, 6) is -0.107. The highest BCUT2D eigenvalue weighted by molar-refractivity contribution is 7.09. The van der Waals surface area contributed by atoms with E-state index in [1.165, 1.54) is 0 Å². The van der Waals surface area contributed by atoms with Crippen LogP contribution in [-0.4, -0.2) is 10.9 Å². The summed E-state index contributed by atoms with van der Waals surface area (Å²) < 4.78 is 0. The number of aromatic nitrogens is 1. The molecule has 2 rings (SSSR count). The number of rotatable bonds is 4. The first-order valence-electron chi connectivity index (χ1n) is 6.11. The van der Waals surface area contributed by atoms with Gasteiger partial charge in [0, 0.05) is 17.2 Å². The van der Waals surface area contributed by atoms with Gasteiger partial charge in [0.2, 0.25) is 5.91 Å². The maximum absolute atomic E-state index is 11.8. The molecule has 98 valence electrons. The predicted octanol–water partition coefficient (Wildman–Crippen LogP) is 3.34. The fraction of sp³-hybridized carbons (Fsp3) is 0.200. The van der Waals surface area contributed by atoms with Gasteiger partial charge in [0.25, 0.3) is 0 Å². The van der Waals surface area contributed by atoms with Crippen LogP contribution in [0.4, 0.5) is 0 Å². The topological polar surface area (TPSA) is 42.0 Å². The van der Waals surface area contributed by atoms with E-state index in [2.05, 4.69) is 10.3 Å². The summed E-state index contributed by atoms with van der Waals surface area (Å²) in [7, 11) is 0. The van der Waals surface area contributed by atoms with Crippen LogP contribution in [0.1, 0.15) is 29.2 Å². The summed E-state index contributed by atoms with van der Waals surface area (Å²) in [6.07, 6.45) is 3.35. The number of aryl methyl sites for hydroxylation is 1. The lowest BCUT2D eigenvalue weighted by Gasteiger charge is -2.08. The molecule has 1 N–H and O–H groups in total. The molecule has 3 nitrogen and oxygen atoms in total. The van der Waals surface area contributed by atoms with Crippen LogP contribution in [0.25, 0.3) is 6.08 Å². The maximum Gasteiger partial charge on any atom is 0.244 e. The zero-order valence-corrected chi connectivity index (χ0v) is 11.8. The molecule has 0 radical (unpaired) electrons. The van der Waals surface area contributed by atoms with Gasteiger partial charge in [-0.2, -0.15) is 0 Å². The molecule has 0 spiro atoms. The first-order chi connectivity index (χ1) is 9.15. The van der Waals surface area contributed by atoms with Crippen molar-refractivity contribution in [3.05, 3.63) is 58.1 Å². The summed E-state index contributed by atoms with van der Waals surface area (Å²) in [6, 6.07) is 9.68. The number of thiazole rings is 1. The van der Waals surface area contributed by atoms with Crippen LogP contribution in [0.3, 0.4) is 0 Å². The minimum absolute atomic E-state index is 0.0633. The lowest BCUT2D eigenvalue weighted by Crippen LogP contribution is -2.24. The molecule has 19 heavy (non-hydrogen) atoms. The second-order valence-corrected chi connectivity index (χ2v) is 5.19. The van der Waals surface area contributed by atoms with Crippen molar-refractivity contribution in [2.45, 2.75) is 19.9 Å². The zero-order valence-electron chi connectivity index (χ0n) is 11.0. The molecule has 0 saturated heterocycles. The molecule has 4 heteroatoms. The van der Waals surface area contributed by atoms with Crippen molar-refractivity contribution in [1.82, 2.24) is 10.3 Å². The van der Waals surface area contributed by atoms with E-state index in [1.54, 1.807) is 23.5 Å². The van der Waals surface area contributed by atoms with Gasteiger partial charge in [0.05, 0.1) is 6.04 Å². The highest BCUT2D eigenvalue weighted by atomic mass is 32.1. The van der Waals surface area contributed by atoms with Crippen molar-refractivity contribution in [3.8, 4) is 0 Å². The molecule has 1 amide bonds. The number of nitrogens with zero attached hydrogens (tertiary/aromatic N) is 1. The molecule has 1 atom stereocenters. The number of carbonyl (C=O) groups excluding carboxylic acids is 1. The fourth-order valence-corrected chi connectivity index (χ4v) is 2.43. The third kappa shape index (κ3) is 4.03. The number of benzene rings is 1. The Bertz CT molecular complexity index is 575. The van der Waals surface area contributed by atoms with E-state index in [-0.39, 0.29) is 11.9 Å². The normalized spacial score (nSPS) is 12.5. The second kappa shape index (κ2) is 6.29. The number of carbonyl (C=O) groups is 1. The van der Waals surface area contributed by atoms with Gasteiger partial charge in [0.1, 0.15) is 5.01 Å². The third-order valence-corrected chi connectivity index (χ3v) is 3.74. The summed E-state index contributed by atoms with van der Waals surface area (Å²) in [6.45, 7) is 3.89. The largest absolute Gasteiger partial charge is 0.344 e. The quantitative estimate of drug-likeness (QED) is 0.867. The average molecular weight is 272 g/mol. The number of nitrogens with one attached hydrogen (secondary N) is 1. The highest BCUT2D eigenvalue weighted by Crippen LogP contribution is 2.17. The van der Waals surface area contributed by atoms with Crippen molar-refractivity contribution in [2.75, 3.05) is 0 Å². The van der Waals surface area contributed by atoms with Gasteiger partial charge in [0.15, 0.2) is 0 Å². The SMILES string of the molecule is Cc1csc(C(C)NC(=O)/C=C/c2ccccc2)n1. The lowest BCUT2D eigenvalue weighted by molar-refractivity contribution is -0.117. The van der Waals surface area contributed by atoms with Crippen molar-refractivity contribution in [1.29, 1.82) is 0 Å². The Labute approximate surface area is 117 Å². The minimum atomic E-state index is -0.107. The summed E-state index contributed by atoms with van der Waals surface area (Å²) in [5, 5.41) is 5.82. The van der Waals surface area contributed by atoms with E-state index in [0.717, 1.165) is 16.3 Å². The van der Waals surface area contributed by atoms with Crippen LogP contribution < -0.4 is 5.32 Å². The molecule has 0 saturated carbocycles. The number of amides is 1. The van der Waals surface area contributed by atoms with Gasteiger partial charge >= 0.3 is 0 Å². The second-order valence-electron chi connectivity index (χ2n) is 4.30. The maximum atomic E-state index is 11.8. The van der Waals surface area contributed by atoms with Gasteiger partial charge < -0.3 is 5.32 Å². The van der Waals surface area contributed by atoms with Crippen LogP contribution in [0.5, 0.6) is 0 Å². The van der Waals surface area contributed by atoms with Crippen molar-refractivity contribution in [3.63, 3.8) is 0 Å². The zero-order chi connectivity index (χ0) is 13.7. The van der Waals surface area contributed by atoms with Gasteiger partial charge in [-0.1, -0.05) is 30.3 Å². The average Bonchev–Trinajstić information content (AvgIpc) is 2.84. The molecule has 1 unspecified atom stereocenters. The molecule has 0 aliphatic rings. The van der Waals surface area contributed by atoms with E-state index >= 15 is 0 Å². The van der Waals surface area contributed by atoms with Crippen LogP contribution in [0, 0.1) is 6.92 Å². The third-order valence-electron chi connectivity index (χ3n) is 2.59. The molecular formula is C15H16N2OS. The smallest absolute Gasteiger partial charge is 0.244 e. The first-order valence-corrected chi connectivity index (χ1v) is 6.99.